The molecule has 0 heterocycles. The molecule has 2 aromatic rings. The second kappa shape index (κ2) is 7.87. The summed E-state index contributed by atoms with van der Waals surface area (Å²) in [7, 11) is 1.50. The number of nitro benzene ring substituents is 1. The number of methoxy groups -OCH3 is 1. The second-order valence-corrected chi connectivity index (χ2v) is 5.33. The van der Waals surface area contributed by atoms with E-state index >= 15 is 0 Å². The van der Waals surface area contributed by atoms with Gasteiger partial charge in [0.2, 0.25) is 0 Å². The average Bonchev–Trinajstić information content (AvgIpc) is 2.59. The Labute approximate surface area is 151 Å². The van der Waals surface area contributed by atoms with Crippen LogP contribution in [0.3, 0.4) is 0 Å². The average molecular weight is 386 g/mol. The van der Waals surface area contributed by atoms with Crippen LogP contribution in [0.25, 0.3) is 0 Å². The minimum atomic E-state index is -4.68. The van der Waals surface area contributed by atoms with Gasteiger partial charge in [-0.3, -0.25) is 21.0 Å². The number of anilines is 2. The monoisotopic (exact) mass is 386 g/mol. The Morgan fingerprint density at radius 1 is 1.23 bits per heavy atom. The molecule has 0 bridgehead atoms. The summed E-state index contributed by atoms with van der Waals surface area (Å²) in [5.41, 5.74) is 3.47. The third kappa shape index (κ3) is 4.96. The molecule has 0 fully saturated rings. The predicted octanol–water partition coefficient (Wildman–Crippen LogP) is 3.94. The SMILES string of the molecule is COc1cccc(NC(=S)NNc2ccc(C(F)(F)F)cc2[N+](=O)[O-])c1. The van der Waals surface area contributed by atoms with Gasteiger partial charge in [-0.15, -0.1) is 0 Å². The number of hydrogen-bond acceptors (Lipinski definition) is 5. The van der Waals surface area contributed by atoms with Gasteiger partial charge in [-0.05, 0) is 36.5 Å². The number of hydrogen-bond donors (Lipinski definition) is 3. The first-order chi connectivity index (χ1) is 12.2. The molecule has 0 unspecified atom stereocenters. The second-order valence-electron chi connectivity index (χ2n) is 4.92. The molecule has 0 amide bonds. The van der Waals surface area contributed by atoms with Crippen LogP contribution in [0.15, 0.2) is 42.5 Å². The minimum Gasteiger partial charge on any atom is -0.497 e. The molecule has 7 nitrogen and oxygen atoms in total. The van der Waals surface area contributed by atoms with E-state index in [-0.39, 0.29) is 10.8 Å². The maximum absolute atomic E-state index is 12.7. The van der Waals surface area contributed by atoms with Gasteiger partial charge < -0.3 is 10.1 Å². The van der Waals surface area contributed by atoms with Gasteiger partial charge in [0.05, 0.1) is 17.6 Å². The van der Waals surface area contributed by atoms with E-state index < -0.39 is 22.4 Å². The summed E-state index contributed by atoms with van der Waals surface area (Å²) < 4.78 is 43.1. The summed E-state index contributed by atoms with van der Waals surface area (Å²) in [6.07, 6.45) is -4.68. The van der Waals surface area contributed by atoms with Crippen LogP contribution in [0.5, 0.6) is 5.75 Å². The van der Waals surface area contributed by atoms with Crippen molar-refractivity contribution in [3.8, 4) is 5.75 Å². The maximum atomic E-state index is 12.7. The van der Waals surface area contributed by atoms with Gasteiger partial charge in [-0.2, -0.15) is 13.2 Å². The first kappa shape index (κ1) is 19.2. The van der Waals surface area contributed by atoms with Gasteiger partial charge in [0.25, 0.3) is 5.69 Å². The van der Waals surface area contributed by atoms with Gasteiger partial charge >= 0.3 is 6.18 Å². The van der Waals surface area contributed by atoms with Crippen molar-refractivity contribution >= 4 is 34.4 Å². The third-order valence-corrected chi connectivity index (χ3v) is 3.36. The zero-order valence-electron chi connectivity index (χ0n) is 13.3. The van der Waals surface area contributed by atoms with E-state index in [4.69, 9.17) is 17.0 Å². The molecule has 0 spiro atoms. The van der Waals surface area contributed by atoms with Crippen LogP contribution in [-0.2, 0) is 6.18 Å². The first-order valence-electron chi connectivity index (χ1n) is 7.03. The summed E-state index contributed by atoms with van der Waals surface area (Å²) in [4.78, 5) is 10.1. The molecule has 0 atom stereocenters. The van der Waals surface area contributed by atoms with Crippen LogP contribution in [0, 0.1) is 10.1 Å². The van der Waals surface area contributed by atoms with Gasteiger partial charge in [0.15, 0.2) is 5.11 Å². The summed E-state index contributed by atoms with van der Waals surface area (Å²) in [6.45, 7) is 0. The number of rotatable bonds is 5. The third-order valence-electron chi connectivity index (χ3n) is 3.16. The highest BCUT2D eigenvalue weighted by molar-refractivity contribution is 7.80. The van der Waals surface area contributed by atoms with E-state index in [1.807, 2.05) is 0 Å². The zero-order chi connectivity index (χ0) is 19.3. The lowest BCUT2D eigenvalue weighted by Crippen LogP contribution is -2.33. The number of nitrogens with one attached hydrogen (secondary N) is 3. The lowest BCUT2D eigenvalue weighted by Gasteiger charge is -2.14. The molecule has 0 saturated heterocycles. The van der Waals surface area contributed by atoms with Gasteiger partial charge in [-0.1, -0.05) is 6.07 Å². The molecule has 0 aliphatic heterocycles. The zero-order valence-corrected chi connectivity index (χ0v) is 14.1. The van der Waals surface area contributed by atoms with Crippen LogP contribution in [0.1, 0.15) is 5.56 Å². The molecule has 2 aromatic carbocycles. The maximum Gasteiger partial charge on any atom is 0.416 e. The Morgan fingerprint density at radius 2 is 1.96 bits per heavy atom. The Morgan fingerprint density at radius 3 is 2.58 bits per heavy atom. The largest absolute Gasteiger partial charge is 0.497 e. The predicted molar refractivity (Wildman–Crippen MR) is 94.1 cm³/mol. The first-order valence-corrected chi connectivity index (χ1v) is 7.44. The number of halogens is 3. The van der Waals surface area contributed by atoms with Crippen molar-refractivity contribution in [3.05, 3.63) is 58.1 Å². The van der Waals surface area contributed by atoms with Crippen molar-refractivity contribution in [1.29, 1.82) is 0 Å². The molecule has 0 aromatic heterocycles. The van der Waals surface area contributed by atoms with Crippen LogP contribution < -0.4 is 20.9 Å². The molecule has 0 saturated carbocycles. The Balaban J connectivity index is 2.08. The molecule has 2 rings (SSSR count). The number of nitro groups is 1. The highest BCUT2D eigenvalue weighted by atomic mass is 32.1. The molecule has 3 N–H and O–H groups in total. The van der Waals surface area contributed by atoms with Crippen molar-refractivity contribution in [2.75, 3.05) is 17.9 Å². The van der Waals surface area contributed by atoms with Crippen LogP contribution >= 0.6 is 12.2 Å². The number of thiocarbonyl (C=S) groups is 1. The number of nitrogens with zero attached hydrogens (tertiary/aromatic N) is 1. The van der Waals surface area contributed by atoms with E-state index in [2.05, 4.69) is 16.2 Å². The quantitative estimate of drug-likeness (QED) is 0.408. The van der Waals surface area contributed by atoms with E-state index in [1.54, 1.807) is 24.3 Å². The number of ether oxygens (including phenoxy) is 1. The summed E-state index contributed by atoms with van der Waals surface area (Å²) >= 11 is 5.03. The Hall–Kier alpha value is -3.08. The minimum absolute atomic E-state index is 0.0486. The number of benzene rings is 2. The Bertz CT molecular complexity index is 830. The van der Waals surface area contributed by atoms with Gasteiger partial charge in [-0.25, -0.2) is 0 Å². The van der Waals surface area contributed by atoms with Crippen LogP contribution in [0.2, 0.25) is 0 Å². The van der Waals surface area contributed by atoms with Crippen molar-refractivity contribution in [2.24, 2.45) is 0 Å². The van der Waals surface area contributed by atoms with E-state index in [0.717, 1.165) is 12.1 Å². The van der Waals surface area contributed by atoms with Crippen LogP contribution in [-0.4, -0.2) is 17.1 Å². The normalized spacial score (nSPS) is 10.8. The highest BCUT2D eigenvalue weighted by Gasteiger charge is 2.33. The fourth-order valence-corrected chi connectivity index (χ4v) is 2.12. The Kier molecular flexibility index (Phi) is 5.82. The van der Waals surface area contributed by atoms with E-state index in [0.29, 0.717) is 17.5 Å². The molecule has 26 heavy (non-hydrogen) atoms. The van der Waals surface area contributed by atoms with Crippen molar-refractivity contribution < 1.29 is 22.8 Å². The van der Waals surface area contributed by atoms with Crippen molar-refractivity contribution in [2.45, 2.75) is 6.18 Å². The fourth-order valence-electron chi connectivity index (χ4n) is 1.95. The standard InChI is InChI=1S/C15H13F3N4O3S/c1-25-11-4-2-3-10(8-11)19-14(26)21-20-12-6-5-9(15(16,17)18)7-13(12)22(23)24/h2-8,20H,1H3,(H2,19,21,26). The fraction of sp³-hybridized carbons (Fsp3) is 0.133. The lowest BCUT2D eigenvalue weighted by atomic mass is 10.1. The highest BCUT2D eigenvalue weighted by Crippen LogP contribution is 2.34. The molecular weight excluding hydrogens is 373 g/mol. The van der Waals surface area contributed by atoms with E-state index in [1.165, 1.54) is 7.11 Å². The van der Waals surface area contributed by atoms with Crippen molar-refractivity contribution in [3.63, 3.8) is 0 Å². The molecule has 0 radical (unpaired) electrons. The van der Waals surface area contributed by atoms with Crippen LogP contribution in [0.4, 0.5) is 30.2 Å². The van der Waals surface area contributed by atoms with Crippen molar-refractivity contribution in [1.82, 2.24) is 5.43 Å². The lowest BCUT2D eigenvalue weighted by molar-refractivity contribution is -0.384. The molecular formula is C15H13F3N4O3S. The van der Waals surface area contributed by atoms with Gasteiger partial charge in [0, 0.05) is 17.8 Å². The number of hydrazine groups is 1. The topological polar surface area (TPSA) is 88.5 Å². The molecule has 138 valence electrons. The summed E-state index contributed by atoms with van der Waals surface area (Å²) in [5.74, 6) is 0.587. The summed E-state index contributed by atoms with van der Waals surface area (Å²) in [6, 6.07) is 8.94. The van der Waals surface area contributed by atoms with Gasteiger partial charge in [0.1, 0.15) is 11.4 Å². The molecule has 0 aliphatic carbocycles. The smallest absolute Gasteiger partial charge is 0.416 e. The molecule has 11 heteroatoms. The summed E-state index contributed by atoms with van der Waals surface area (Å²) in [5, 5.41) is 13.9. The molecule has 0 aliphatic rings. The number of alkyl halides is 3. The van der Waals surface area contributed by atoms with E-state index in [9.17, 15) is 23.3 Å².